The first-order valence-corrected chi connectivity index (χ1v) is 11.4. The first-order chi connectivity index (χ1) is 13.3. The number of nitrogens with one attached hydrogen (secondary N) is 1. The van der Waals surface area contributed by atoms with Gasteiger partial charge in [-0.2, -0.15) is 0 Å². The second kappa shape index (κ2) is 10.3. The molecule has 1 unspecified atom stereocenters. The largest absolute Gasteiger partial charge is 0.495 e. The average Bonchev–Trinajstić information content (AvgIpc) is 2.65. The predicted octanol–water partition coefficient (Wildman–Crippen LogP) is 1.34. The van der Waals surface area contributed by atoms with Crippen LogP contribution in [0.15, 0.2) is 18.2 Å². The van der Waals surface area contributed by atoms with Crippen molar-refractivity contribution in [2.45, 2.75) is 19.4 Å². The number of methoxy groups -OCH3 is 1. The van der Waals surface area contributed by atoms with Gasteiger partial charge in [-0.25, -0.2) is 8.42 Å². The molecule has 1 N–H and O–H groups in total. The number of hydrogen-bond donors (Lipinski definition) is 1. The van der Waals surface area contributed by atoms with Crippen LogP contribution in [-0.2, 0) is 19.6 Å². The van der Waals surface area contributed by atoms with Crippen LogP contribution in [0, 0.1) is 0 Å². The molecule has 0 radical (unpaired) electrons. The molecule has 0 aromatic heterocycles. The molecule has 8 nitrogen and oxygen atoms in total. The quantitative estimate of drug-likeness (QED) is 0.632. The van der Waals surface area contributed by atoms with Crippen LogP contribution in [0.2, 0.25) is 5.02 Å². The lowest BCUT2D eigenvalue weighted by Gasteiger charge is -2.31. The number of amides is 1. The first-order valence-electron chi connectivity index (χ1n) is 9.18. The Morgan fingerprint density at radius 2 is 2.07 bits per heavy atom. The third-order valence-corrected chi connectivity index (χ3v) is 6.03. The van der Waals surface area contributed by atoms with Gasteiger partial charge in [0, 0.05) is 26.2 Å². The van der Waals surface area contributed by atoms with Crippen molar-refractivity contribution in [1.29, 1.82) is 0 Å². The first kappa shape index (κ1) is 22.7. The molecule has 0 aliphatic carbocycles. The number of halogens is 1. The summed E-state index contributed by atoms with van der Waals surface area (Å²) >= 11 is 6.16. The van der Waals surface area contributed by atoms with Crippen LogP contribution in [0.25, 0.3) is 0 Å². The smallest absolute Gasteiger partial charge is 0.243 e. The van der Waals surface area contributed by atoms with E-state index in [0.29, 0.717) is 44.2 Å². The van der Waals surface area contributed by atoms with Gasteiger partial charge in [0.25, 0.3) is 0 Å². The molecule has 0 bridgehead atoms. The van der Waals surface area contributed by atoms with Crippen molar-refractivity contribution in [3.05, 3.63) is 23.2 Å². The number of rotatable bonds is 9. The molecule has 1 aromatic carbocycles. The zero-order valence-electron chi connectivity index (χ0n) is 16.5. The van der Waals surface area contributed by atoms with Crippen LogP contribution in [0.1, 0.15) is 13.3 Å². The Hall–Kier alpha value is -1.55. The Labute approximate surface area is 171 Å². The maximum absolute atomic E-state index is 12.8. The molecule has 28 heavy (non-hydrogen) atoms. The fraction of sp³-hybridized carbons (Fsp3) is 0.611. The van der Waals surface area contributed by atoms with E-state index in [2.05, 4.69) is 10.2 Å². The number of nitrogens with zero attached hydrogens (tertiary/aromatic N) is 2. The molecule has 1 saturated heterocycles. The fourth-order valence-electron chi connectivity index (χ4n) is 3.13. The predicted molar refractivity (Wildman–Crippen MR) is 110 cm³/mol. The maximum atomic E-state index is 12.8. The van der Waals surface area contributed by atoms with Crippen LogP contribution in [0.3, 0.4) is 0 Å². The molecular weight excluding hydrogens is 406 g/mol. The number of benzene rings is 1. The molecule has 2 rings (SSSR count). The lowest BCUT2D eigenvalue weighted by atomic mass is 10.2. The Morgan fingerprint density at radius 3 is 2.61 bits per heavy atom. The molecule has 1 heterocycles. The zero-order valence-corrected chi connectivity index (χ0v) is 18.1. The number of carbonyl (C=O) groups is 1. The van der Waals surface area contributed by atoms with Crippen LogP contribution >= 0.6 is 11.6 Å². The van der Waals surface area contributed by atoms with E-state index in [4.69, 9.17) is 21.1 Å². The minimum Gasteiger partial charge on any atom is -0.495 e. The van der Waals surface area contributed by atoms with Gasteiger partial charge in [0.1, 0.15) is 11.8 Å². The van der Waals surface area contributed by atoms with Gasteiger partial charge in [-0.1, -0.05) is 18.5 Å². The topological polar surface area (TPSA) is 88.2 Å². The van der Waals surface area contributed by atoms with Gasteiger partial charge in [-0.05, 0) is 24.6 Å². The third-order valence-electron chi connectivity index (χ3n) is 4.55. The molecule has 1 aromatic rings. The van der Waals surface area contributed by atoms with Gasteiger partial charge in [-0.15, -0.1) is 0 Å². The van der Waals surface area contributed by atoms with Crippen LogP contribution in [0.4, 0.5) is 5.69 Å². The molecule has 0 spiro atoms. The van der Waals surface area contributed by atoms with E-state index in [1.54, 1.807) is 19.1 Å². The van der Waals surface area contributed by atoms with Crippen molar-refractivity contribution >= 4 is 33.2 Å². The summed E-state index contributed by atoms with van der Waals surface area (Å²) in [5, 5.41) is 3.13. The molecule has 1 amide bonds. The van der Waals surface area contributed by atoms with Gasteiger partial charge >= 0.3 is 0 Å². The van der Waals surface area contributed by atoms with Crippen molar-refractivity contribution in [2.75, 3.05) is 57.1 Å². The third kappa shape index (κ3) is 5.97. The number of carbonyl (C=O) groups excluding carboxylic acids is 1. The van der Waals surface area contributed by atoms with Crippen LogP contribution in [0.5, 0.6) is 5.75 Å². The number of morpholine rings is 1. The summed E-state index contributed by atoms with van der Waals surface area (Å²) < 4.78 is 36.5. The second-order valence-electron chi connectivity index (χ2n) is 6.55. The van der Waals surface area contributed by atoms with Crippen molar-refractivity contribution < 1.29 is 22.7 Å². The molecule has 1 aliphatic rings. The summed E-state index contributed by atoms with van der Waals surface area (Å²) in [6.45, 7) is 5.93. The van der Waals surface area contributed by atoms with E-state index >= 15 is 0 Å². The van der Waals surface area contributed by atoms with E-state index in [0.717, 1.165) is 23.7 Å². The van der Waals surface area contributed by atoms with E-state index in [9.17, 15) is 13.2 Å². The fourth-order valence-corrected chi connectivity index (χ4v) is 4.59. The summed E-state index contributed by atoms with van der Waals surface area (Å²) in [5.74, 6) is 0.0926. The van der Waals surface area contributed by atoms with E-state index in [1.165, 1.54) is 13.2 Å². The molecule has 158 valence electrons. The molecule has 1 atom stereocenters. The van der Waals surface area contributed by atoms with Crippen molar-refractivity contribution in [3.8, 4) is 5.75 Å². The highest BCUT2D eigenvalue weighted by Gasteiger charge is 2.31. The Balaban J connectivity index is 2.13. The van der Waals surface area contributed by atoms with Crippen LogP contribution in [-0.4, -0.2) is 78.0 Å². The van der Waals surface area contributed by atoms with Crippen molar-refractivity contribution in [1.82, 2.24) is 10.2 Å². The van der Waals surface area contributed by atoms with Gasteiger partial charge in [0.2, 0.25) is 15.9 Å². The highest BCUT2D eigenvalue weighted by atomic mass is 35.5. The van der Waals surface area contributed by atoms with Gasteiger partial charge in [0.15, 0.2) is 0 Å². The number of anilines is 1. The molecule has 1 aliphatic heterocycles. The standard InChI is InChI=1S/C18H28ClN3O5S/c1-4-16(18(23)20-7-8-21-9-11-27-12-10-21)22(28(3,24)25)14-5-6-17(26-2)15(19)13-14/h5-6,13,16H,4,7-12H2,1-3H3,(H,20,23). The zero-order chi connectivity index (χ0) is 20.7. The Bertz CT molecular complexity index is 768. The summed E-state index contributed by atoms with van der Waals surface area (Å²) in [6.07, 6.45) is 1.40. The van der Waals surface area contributed by atoms with Gasteiger partial charge in [0.05, 0.1) is 37.3 Å². The maximum Gasteiger partial charge on any atom is 0.243 e. The highest BCUT2D eigenvalue weighted by molar-refractivity contribution is 7.92. The normalized spacial score (nSPS) is 16.4. The molecular formula is C18H28ClN3O5S. The summed E-state index contributed by atoms with van der Waals surface area (Å²) in [4.78, 5) is 15.0. The second-order valence-corrected chi connectivity index (χ2v) is 8.81. The van der Waals surface area contributed by atoms with Gasteiger partial charge in [-0.3, -0.25) is 14.0 Å². The minimum absolute atomic E-state index is 0.274. The number of sulfonamides is 1. The molecule has 1 fully saturated rings. The molecule has 0 saturated carbocycles. The summed E-state index contributed by atoms with van der Waals surface area (Å²) in [5.41, 5.74) is 0.323. The lowest BCUT2D eigenvalue weighted by molar-refractivity contribution is -0.122. The van der Waals surface area contributed by atoms with E-state index in [-0.39, 0.29) is 10.9 Å². The minimum atomic E-state index is -3.71. The Kier molecular flexibility index (Phi) is 8.36. The average molecular weight is 434 g/mol. The van der Waals surface area contributed by atoms with Crippen molar-refractivity contribution in [3.63, 3.8) is 0 Å². The monoisotopic (exact) mass is 433 g/mol. The lowest BCUT2D eigenvalue weighted by Crippen LogP contribution is -2.50. The number of hydrogen-bond acceptors (Lipinski definition) is 6. The molecule has 10 heteroatoms. The summed E-state index contributed by atoms with van der Waals surface area (Å²) in [7, 11) is -2.23. The van der Waals surface area contributed by atoms with E-state index in [1.807, 2.05) is 0 Å². The van der Waals surface area contributed by atoms with E-state index < -0.39 is 16.1 Å². The highest BCUT2D eigenvalue weighted by Crippen LogP contribution is 2.31. The Morgan fingerprint density at radius 1 is 1.39 bits per heavy atom. The van der Waals surface area contributed by atoms with Gasteiger partial charge < -0.3 is 14.8 Å². The number of ether oxygens (including phenoxy) is 2. The summed E-state index contributed by atoms with van der Waals surface area (Å²) in [6, 6.07) is 3.78. The SMILES string of the molecule is CCC(C(=O)NCCN1CCOCC1)N(c1ccc(OC)c(Cl)c1)S(C)(=O)=O. The van der Waals surface area contributed by atoms with Crippen molar-refractivity contribution in [2.24, 2.45) is 0 Å². The van der Waals surface area contributed by atoms with Crippen LogP contribution < -0.4 is 14.4 Å².